The van der Waals surface area contributed by atoms with Gasteiger partial charge in [0, 0.05) is 0 Å². The molecule has 2 aromatic rings. The fourth-order valence-electron chi connectivity index (χ4n) is 2.81. The molecule has 1 saturated heterocycles. The SMILES string of the molecule is C=CCCOc1nc(N)nc2c1ncn2C1OC(CO)C(O)C1(C)O. The van der Waals surface area contributed by atoms with Crippen molar-refractivity contribution in [2.75, 3.05) is 18.9 Å². The summed E-state index contributed by atoms with van der Waals surface area (Å²) in [6.45, 7) is 4.95. The second kappa shape index (κ2) is 6.56. The smallest absolute Gasteiger partial charge is 0.247 e. The van der Waals surface area contributed by atoms with Gasteiger partial charge in [-0.2, -0.15) is 9.97 Å². The molecule has 1 aliphatic rings. The number of rotatable bonds is 6. The normalized spacial score (nSPS) is 29.2. The Balaban J connectivity index is 2.02. The first-order valence-corrected chi connectivity index (χ1v) is 7.80. The lowest BCUT2D eigenvalue weighted by Gasteiger charge is -2.27. The van der Waals surface area contributed by atoms with Gasteiger partial charge in [0.25, 0.3) is 0 Å². The molecule has 0 amide bonds. The molecular weight excluding hydrogens is 330 g/mol. The van der Waals surface area contributed by atoms with Crippen LogP contribution >= 0.6 is 0 Å². The third-order valence-corrected chi connectivity index (χ3v) is 4.15. The minimum Gasteiger partial charge on any atom is -0.476 e. The number of nitrogens with two attached hydrogens (primary N) is 1. The molecule has 1 aliphatic heterocycles. The highest BCUT2D eigenvalue weighted by molar-refractivity contribution is 5.77. The Morgan fingerprint density at radius 3 is 2.92 bits per heavy atom. The lowest BCUT2D eigenvalue weighted by Crippen LogP contribution is -2.44. The Morgan fingerprint density at radius 1 is 1.52 bits per heavy atom. The van der Waals surface area contributed by atoms with Crippen LogP contribution in [0.4, 0.5) is 5.95 Å². The van der Waals surface area contributed by atoms with Crippen molar-refractivity contribution in [1.82, 2.24) is 19.5 Å². The van der Waals surface area contributed by atoms with Crippen molar-refractivity contribution in [3.05, 3.63) is 19.0 Å². The summed E-state index contributed by atoms with van der Waals surface area (Å²) < 4.78 is 12.6. The number of hydrogen-bond donors (Lipinski definition) is 4. The minimum absolute atomic E-state index is 0.0280. The van der Waals surface area contributed by atoms with Crippen molar-refractivity contribution in [1.29, 1.82) is 0 Å². The van der Waals surface area contributed by atoms with Crippen LogP contribution in [0.5, 0.6) is 5.88 Å². The van der Waals surface area contributed by atoms with Gasteiger partial charge >= 0.3 is 0 Å². The average molecular weight is 351 g/mol. The summed E-state index contributed by atoms with van der Waals surface area (Å²) in [7, 11) is 0. The van der Waals surface area contributed by atoms with E-state index < -0.39 is 30.6 Å². The van der Waals surface area contributed by atoms with Crippen molar-refractivity contribution in [2.24, 2.45) is 0 Å². The number of nitrogens with zero attached hydrogens (tertiary/aromatic N) is 4. The summed E-state index contributed by atoms with van der Waals surface area (Å²) in [5.74, 6) is 0.180. The Morgan fingerprint density at radius 2 is 2.28 bits per heavy atom. The van der Waals surface area contributed by atoms with Gasteiger partial charge in [-0.05, 0) is 13.3 Å². The van der Waals surface area contributed by atoms with Gasteiger partial charge in [-0.15, -0.1) is 6.58 Å². The Bertz CT molecular complexity index is 777. The Hall–Kier alpha value is -2.27. The molecule has 0 saturated carbocycles. The van der Waals surface area contributed by atoms with Crippen molar-refractivity contribution in [2.45, 2.75) is 37.4 Å². The van der Waals surface area contributed by atoms with Gasteiger partial charge in [-0.3, -0.25) is 4.57 Å². The maximum absolute atomic E-state index is 10.6. The molecule has 1 fully saturated rings. The first-order valence-electron chi connectivity index (χ1n) is 7.80. The zero-order valence-corrected chi connectivity index (χ0v) is 13.7. The maximum atomic E-state index is 10.6. The molecule has 3 rings (SSSR count). The molecule has 0 spiro atoms. The lowest BCUT2D eigenvalue weighted by molar-refractivity contribution is -0.0950. The zero-order valence-electron chi connectivity index (χ0n) is 13.7. The summed E-state index contributed by atoms with van der Waals surface area (Å²) in [6.07, 6.45) is 0.504. The van der Waals surface area contributed by atoms with Crippen LogP contribution in [0.2, 0.25) is 0 Å². The predicted octanol–water partition coefficient (Wildman–Crippen LogP) is -0.635. The third kappa shape index (κ3) is 2.93. The molecular formula is C15H21N5O5. The number of anilines is 1. The van der Waals surface area contributed by atoms with Crippen LogP contribution in [-0.2, 0) is 4.74 Å². The molecule has 25 heavy (non-hydrogen) atoms. The quantitative estimate of drug-likeness (QED) is 0.394. The van der Waals surface area contributed by atoms with Gasteiger partial charge in [0.05, 0.1) is 19.5 Å². The van der Waals surface area contributed by atoms with Crippen LogP contribution < -0.4 is 10.5 Å². The number of fused-ring (bicyclic) bond motifs is 1. The van der Waals surface area contributed by atoms with Crippen molar-refractivity contribution >= 4 is 17.1 Å². The molecule has 3 heterocycles. The largest absolute Gasteiger partial charge is 0.476 e. The number of imidazole rings is 1. The Kier molecular flexibility index (Phi) is 4.60. The highest BCUT2D eigenvalue weighted by Gasteiger charge is 2.53. The van der Waals surface area contributed by atoms with Crippen LogP contribution in [0, 0.1) is 0 Å². The second-order valence-electron chi connectivity index (χ2n) is 6.02. The number of aliphatic hydroxyl groups is 3. The van der Waals surface area contributed by atoms with E-state index in [1.54, 1.807) is 6.08 Å². The molecule has 2 aromatic heterocycles. The highest BCUT2D eigenvalue weighted by Crippen LogP contribution is 2.39. The molecule has 0 radical (unpaired) electrons. The van der Waals surface area contributed by atoms with Crippen LogP contribution in [-0.4, -0.2) is 65.9 Å². The van der Waals surface area contributed by atoms with Gasteiger partial charge in [-0.25, -0.2) is 4.98 Å². The molecule has 0 aromatic carbocycles. The van der Waals surface area contributed by atoms with E-state index in [4.69, 9.17) is 15.2 Å². The van der Waals surface area contributed by atoms with Gasteiger partial charge < -0.3 is 30.5 Å². The van der Waals surface area contributed by atoms with Gasteiger partial charge in [-0.1, -0.05) is 6.08 Å². The van der Waals surface area contributed by atoms with E-state index in [1.165, 1.54) is 17.8 Å². The van der Waals surface area contributed by atoms with Crippen LogP contribution in [0.1, 0.15) is 19.6 Å². The minimum atomic E-state index is -1.66. The van der Waals surface area contributed by atoms with E-state index in [2.05, 4.69) is 21.5 Å². The molecule has 136 valence electrons. The van der Waals surface area contributed by atoms with Gasteiger partial charge in [0.2, 0.25) is 11.8 Å². The first-order chi connectivity index (χ1) is 11.9. The molecule has 5 N–H and O–H groups in total. The fourth-order valence-corrected chi connectivity index (χ4v) is 2.81. The number of ether oxygens (including phenoxy) is 2. The van der Waals surface area contributed by atoms with Crippen molar-refractivity contribution in [3.8, 4) is 5.88 Å². The monoisotopic (exact) mass is 351 g/mol. The summed E-state index contributed by atoms with van der Waals surface area (Å²) in [4.78, 5) is 12.4. The van der Waals surface area contributed by atoms with Crippen LogP contribution in [0.25, 0.3) is 11.2 Å². The molecule has 10 heteroatoms. The summed E-state index contributed by atoms with van der Waals surface area (Å²) in [6, 6.07) is 0. The standard InChI is InChI=1S/C15H21N5O5/c1-3-4-5-24-12-9-11(18-14(16)19-12)20(7-17-9)13-15(2,23)10(22)8(6-21)25-13/h3,7-8,10,13,21-23H,1,4-6H2,2H3,(H2,16,18,19). The Labute approximate surface area is 143 Å². The van der Waals surface area contributed by atoms with E-state index in [9.17, 15) is 15.3 Å². The second-order valence-corrected chi connectivity index (χ2v) is 6.02. The average Bonchev–Trinajstić information content (AvgIpc) is 3.07. The molecule has 4 unspecified atom stereocenters. The fraction of sp³-hybridized carbons (Fsp3) is 0.533. The maximum Gasteiger partial charge on any atom is 0.247 e. The van der Waals surface area contributed by atoms with Crippen molar-refractivity contribution in [3.63, 3.8) is 0 Å². The lowest BCUT2D eigenvalue weighted by atomic mass is 9.96. The van der Waals surface area contributed by atoms with E-state index in [0.29, 0.717) is 18.5 Å². The summed E-state index contributed by atoms with van der Waals surface area (Å²) >= 11 is 0. The van der Waals surface area contributed by atoms with Crippen LogP contribution in [0.3, 0.4) is 0 Å². The van der Waals surface area contributed by atoms with E-state index in [-0.39, 0.29) is 17.5 Å². The number of nitrogen functional groups attached to an aromatic ring is 1. The van der Waals surface area contributed by atoms with Crippen LogP contribution in [0.15, 0.2) is 19.0 Å². The first kappa shape index (κ1) is 17.5. The molecule has 4 atom stereocenters. The zero-order chi connectivity index (χ0) is 18.2. The predicted molar refractivity (Wildman–Crippen MR) is 87.7 cm³/mol. The molecule has 10 nitrogen and oxygen atoms in total. The molecule has 0 aliphatic carbocycles. The van der Waals surface area contributed by atoms with Gasteiger partial charge in [0.15, 0.2) is 17.4 Å². The van der Waals surface area contributed by atoms with E-state index >= 15 is 0 Å². The summed E-state index contributed by atoms with van der Waals surface area (Å²) in [5, 5.41) is 30.1. The summed E-state index contributed by atoms with van der Waals surface area (Å²) in [5.41, 5.74) is 4.72. The topological polar surface area (TPSA) is 149 Å². The number of aromatic nitrogens is 4. The molecule has 0 bridgehead atoms. The number of hydrogen-bond acceptors (Lipinski definition) is 9. The number of aliphatic hydroxyl groups excluding tert-OH is 2. The van der Waals surface area contributed by atoms with Gasteiger partial charge in [0.1, 0.15) is 17.8 Å². The highest BCUT2D eigenvalue weighted by atomic mass is 16.6. The van der Waals surface area contributed by atoms with E-state index in [0.717, 1.165) is 0 Å². The third-order valence-electron chi connectivity index (χ3n) is 4.15. The van der Waals surface area contributed by atoms with E-state index in [1.807, 2.05) is 0 Å². The van der Waals surface area contributed by atoms with Crippen molar-refractivity contribution < 1.29 is 24.8 Å².